The minimum absolute atomic E-state index is 0.0456. The molecule has 1 aromatic heterocycles. The van der Waals surface area contributed by atoms with E-state index >= 15 is 0 Å². The molecule has 1 saturated heterocycles. The van der Waals surface area contributed by atoms with Gasteiger partial charge in [0.2, 0.25) is 5.91 Å². The minimum atomic E-state index is -0.224. The van der Waals surface area contributed by atoms with Crippen molar-refractivity contribution in [1.29, 1.82) is 0 Å². The van der Waals surface area contributed by atoms with Gasteiger partial charge >= 0.3 is 0 Å². The van der Waals surface area contributed by atoms with Gasteiger partial charge in [0.05, 0.1) is 11.0 Å². The van der Waals surface area contributed by atoms with Gasteiger partial charge in [-0.2, -0.15) is 0 Å². The third-order valence-corrected chi connectivity index (χ3v) is 5.20. The first-order valence-electron chi connectivity index (χ1n) is 9.64. The lowest BCUT2D eigenvalue weighted by molar-refractivity contribution is -0.116. The van der Waals surface area contributed by atoms with Crippen molar-refractivity contribution in [2.75, 3.05) is 23.3 Å². The van der Waals surface area contributed by atoms with E-state index in [1.54, 1.807) is 0 Å². The molecule has 0 spiro atoms. The Balaban J connectivity index is 1.69. The zero-order valence-electron chi connectivity index (χ0n) is 16.2. The van der Waals surface area contributed by atoms with E-state index in [0.29, 0.717) is 11.3 Å². The molecule has 0 atom stereocenters. The van der Waals surface area contributed by atoms with Crippen LogP contribution in [0.25, 0.3) is 11.0 Å². The quantitative estimate of drug-likeness (QED) is 0.759. The number of benzene rings is 2. The Labute approximate surface area is 163 Å². The summed E-state index contributed by atoms with van der Waals surface area (Å²) in [5.74, 6) is 0.216. The van der Waals surface area contributed by atoms with E-state index in [1.807, 2.05) is 61.2 Å². The maximum atomic E-state index is 13.1. The Bertz CT molecular complexity index is 1100. The molecule has 28 heavy (non-hydrogen) atoms. The summed E-state index contributed by atoms with van der Waals surface area (Å²) in [6.45, 7) is 5.59. The third-order valence-electron chi connectivity index (χ3n) is 5.20. The van der Waals surface area contributed by atoms with E-state index in [1.165, 1.54) is 4.57 Å². The van der Waals surface area contributed by atoms with Crippen LogP contribution in [0.5, 0.6) is 0 Å². The Morgan fingerprint density at radius 2 is 1.86 bits per heavy atom. The Kier molecular flexibility index (Phi) is 4.86. The van der Waals surface area contributed by atoms with Gasteiger partial charge in [-0.3, -0.25) is 14.2 Å². The van der Waals surface area contributed by atoms with E-state index in [-0.39, 0.29) is 18.0 Å². The summed E-state index contributed by atoms with van der Waals surface area (Å²) in [7, 11) is 0. The van der Waals surface area contributed by atoms with Gasteiger partial charge in [0, 0.05) is 18.8 Å². The number of hydrogen-bond donors (Lipinski definition) is 1. The third kappa shape index (κ3) is 3.50. The zero-order chi connectivity index (χ0) is 19.7. The summed E-state index contributed by atoms with van der Waals surface area (Å²) in [6, 6.07) is 13.3. The fraction of sp³-hybridized carbons (Fsp3) is 0.318. The molecule has 0 radical (unpaired) electrons. The van der Waals surface area contributed by atoms with E-state index in [2.05, 4.69) is 10.3 Å². The van der Waals surface area contributed by atoms with Gasteiger partial charge in [0.1, 0.15) is 6.54 Å². The molecule has 1 amide bonds. The maximum absolute atomic E-state index is 13.1. The number of anilines is 2. The molecule has 0 bridgehead atoms. The summed E-state index contributed by atoms with van der Waals surface area (Å²) in [4.78, 5) is 32.5. The Morgan fingerprint density at radius 1 is 1.11 bits per heavy atom. The van der Waals surface area contributed by atoms with E-state index in [4.69, 9.17) is 0 Å². The number of carbonyl (C=O) groups is 1. The minimum Gasteiger partial charge on any atom is -0.352 e. The van der Waals surface area contributed by atoms with Crippen LogP contribution in [-0.4, -0.2) is 28.5 Å². The predicted octanol–water partition coefficient (Wildman–Crippen LogP) is 3.25. The molecule has 6 nitrogen and oxygen atoms in total. The van der Waals surface area contributed by atoms with Crippen LogP contribution in [-0.2, 0) is 11.3 Å². The number of rotatable bonds is 4. The molecule has 4 rings (SSSR count). The second-order valence-corrected chi connectivity index (χ2v) is 7.38. The zero-order valence-corrected chi connectivity index (χ0v) is 16.2. The molecule has 0 saturated carbocycles. The predicted molar refractivity (Wildman–Crippen MR) is 112 cm³/mol. The summed E-state index contributed by atoms with van der Waals surface area (Å²) in [6.07, 6.45) is 2.11. The molecular formula is C22H24N4O2. The second-order valence-electron chi connectivity index (χ2n) is 7.38. The van der Waals surface area contributed by atoms with Crippen LogP contribution >= 0.6 is 0 Å². The number of aryl methyl sites for hydroxylation is 2. The van der Waals surface area contributed by atoms with Crippen molar-refractivity contribution in [2.24, 2.45) is 0 Å². The fourth-order valence-electron chi connectivity index (χ4n) is 3.76. The first-order valence-corrected chi connectivity index (χ1v) is 9.64. The van der Waals surface area contributed by atoms with Crippen LogP contribution in [0.1, 0.15) is 24.0 Å². The summed E-state index contributed by atoms with van der Waals surface area (Å²) >= 11 is 0. The molecule has 6 heteroatoms. The van der Waals surface area contributed by atoms with Crippen molar-refractivity contribution in [1.82, 2.24) is 9.55 Å². The van der Waals surface area contributed by atoms with Gasteiger partial charge < -0.3 is 10.2 Å². The van der Waals surface area contributed by atoms with Crippen LogP contribution in [0.2, 0.25) is 0 Å². The molecule has 1 fully saturated rings. The van der Waals surface area contributed by atoms with E-state index in [0.717, 1.165) is 48.3 Å². The van der Waals surface area contributed by atoms with Crippen molar-refractivity contribution in [3.05, 3.63) is 63.9 Å². The Morgan fingerprint density at radius 3 is 2.61 bits per heavy atom. The van der Waals surface area contributed by atoms with Crippen LogP contribution < -0.4 is 15.8 Å². The SMILES string of the molecule is Cc1ccc(NC(=O)Cn2c(=O)c(N3CCCC3)nc3ccccc32)c(C)c1. The van der Waals surface area contributed by atoms with Crippen molar-refractivity contribution < 1.29 is 4.79 Å². The monoisotopic (exact) mass is 376 g/mol. The van der Waals surface area contributed by atoms with Crippen LogP contribution in [0.15, 0.2) is 47.3 Å². The van der Waals surface area contributed by atoms with Gasteiger partial charge in [-0.05, 0) is 50.5 Å². The first kappa shape index (κ1) is 18.2. The van der Waals surface area contributed by atoms with E-state index < -0.39 is 0 Å². The van der Waals surface area contributed by atoms with Gasteiger partial charge in [-0.15, -0.1) is 0 Å². The number of nitrogens with one attached hydrogen (secondary N) is 1. The molecule has 3 aromatic rings. The highest BCUT2D eigenvalue weighted by molar-refractivity contribution is 5.92. The molecular weight excluding hydrogens is 352 g/mol. The summed E-state index contributed by atoms with van der Waals surface area (Å²) in [5, 5.41) is 2.93. The lowest BCUT2D eigenvalue weighted by Gasteiger charge is -2.19. The average Bonchev–Trinajstić information content (AvgIpc) is 3.20. The number of aromatic nitrogens is 2. The lowest BCUT2D eigenvalue weighted by Crippen LogP contribution is -2.34. The Hall–Kier alpha value is -3.15. The number of nitrogens with zero attached hydrogens (tertiary/aromatic N) is 3. The molecule has 2 aromatic carbocycles. The normalized spacial score (nSPS) is 13.9. The lowest BCUT2D eigenvalue weighted by atomic mass is 10.1. The largest absolute Gasteiger partial charge is 0.352 e. The summed E-state index contributed by atoms with van der Waals surface area (Å²) < 4.78 is 1.54. The van der Waals surface area contributed by atoms with Gasteiger partial charge in [-0.1, -0.05) is 29.8 Å². The number of amides is 1. The van der Waals surface area contributed by atoms with Gasteiger partial charge in [0.15, 0.2) is 5.82 Å². The average molecular weight is 376 g/mol. The number of hydrogen-bond acceptors (Lipinski definition) is 4. The number of para-hydroxylation sites is 2. The fourth-order valence-corrected chi connectivity index (χ4v) is 3.76. The molecule has 1 N–H and O–H groups in total. The van der Waals surface area contributed by atoms with Crippen LogP contribution in [0, 0.1) is 13.8 Å². The molecule has 0 unspecified atom stereocenters. The van der Waals surface area contributed by atoms with Crippen molar-refractivity contribution in [3.63, 3.8) is 0 Å². The van der Waals surface area contributed by atoms with Gasteiger partial charge in [-0.25, -0.2) is 4.98 Å². The number of fused-ring (bicyclic) bond motifs is 1. The standard InChI is InChI=1S/C22H24N4O2/c1-15-9-10-17(16(2)13-15)23-20(27)14-26-19-8-4-3-7-18(19)24-21(22(26)28)25-11-5-6-12-25/h3-4,7-10,13H,5-6,11-12,14H2,1-2H3,(H,23,27). The molecule has 0 aliphatic carbocycles. The van der Waals surface area contributed by atoms with E-state index in [9.17, 15) is 9.59 Å². The molecule has 1 aliphatic heterocycles. The molecule has 2 heterocycles. The maximum Gasteiger partial charge on any atom is 0.294 e. The highest BCUT2D eigenvalue weighted by Crippen LogP contribution is 2.19. The van der Waals surface area contributed by atoms with Crippen LogP contribution in [0.3, 0.4) is 0 Å². The van der Waals surface area contributed by atoms with Crippen molar-refractivity contribution in [3.8, 4) is 0 Å². The molecule has 1 aliphatic rings. The second kappa shape index (κ2) is 7.46. The van der Waals surface area contributed by atoms with Gasteiger partial charge in [0.25, 0.3) is 5.56 Å². The highest BCUT2D eigenvalue weighted by atomic mass is 16.2. The highest BCUT2D eigenvalue weighted by Gasteiger charge is 2.21. The van der Waals surface area contributed by atoms with Crippen molar-refractivity contribution >= 4 is 28.4 Å². The van der Waals surface area contributed by atoms with Crippen LogP contribution in [0.4, 0.5) is 11.5 Å². The first-order chi connectivity index (χ1) is 13.5. The summed E-state index contributed by atoms with van der Waals surface area (Å²) in [5.41, 5.74) is 4.09. The smallest absolute Gasteiger partial charge is 0.294 e. The topological polar surface area (TPSA) is 67.2 Å². The van der Waals surface area contributed by atoms with Crippen molar-refractivity contribution in [2.45, 2.75) is 33.2 Å². The number of carbonyl (C=O) groups excluding carboxylic acids is 1. The molecule has 144 valence electrons.